The highest BCUT2D eigenvalue weighted by Crippen LogP contribution is 2.34. The Hall–Kier alpha value is -2.14. The summed E-state index contributed by atoms with van der Waals surface area (Å²) in [6.07, 6.45) is 3.24. The highest BCUT2D eigenvalue weighted by molar-refractivity contribution is 9.10. The molecule has 2 fully saturated rings. The summed E-state index contributed by atoms with van der Waals surface area (Å²) in [6.45, 7) is 2.68. The lowest BCUT2D eigenvalue weighted by Gasteiger charge is -2.17. The predicted molar refractivity (Wildman–Crippen MR) is 110 cm³/mol. The average Bonchev–Trinajstić information content (AvgIpc) is 3.33. The number of aromatic nitrogens is 2. The minimum Gasteiger partial charge on any atom is -0.342 e. The lowest BCUT2D eigenvalue weighted by Crippen LogP contribution is -2.30. The van der Waals surface area contributed by atoms with Crippen LogP contribution in [-0.2, 0) is 11.3 Å². The van der Waals surface area contributed by atoms with Crippen molar-refractivity contribution >= 4 is 32.9 Å². The fourth-order valence-electron chi connectivity index (χ4n) is 4.11. The van der Waals surface area contributed by atoms with Crippen LogP contribution in [0, 0.1) is 11.8 Å². The number of amides is 1. The van der Waals surface area contributed by atoms with E-state index in [2.05, 4.69) is 67.9 Å². The molecule has 0 bridgehead atoms. The van der Waals surface area contributed by atoms with Crippen molar-refractivity contribution in [2.75, 3.05) is 13.1 Å². The molecule has 2 aliphatic rings. The second kappa shape index (κ2) is 6.79. The third-order valence-corrected chi connectivity index (χ3v) is 6.25. The van der Waals surface area contributed by atoms with Gasteiger partial charge in [-0.2, -0.15) is 0 Å². The molecule has 1 saturated heterocycles. The number of benzene rings is 2. The predicted octanol–water partition coefficient (Wildman–Crippen LogP) is 4.72. The van der Waals surface area contributed by atoms with E-state index in [9.17, 15) is 4.79 Å². The SMILES string of the molecule is O=C(C1CC1)N1CC[C@@H](Cn2c(-c3ccc(Br)cc3)nc3ccccc32)C1. The third kappa shape index (κ3) is 3.29. The molecule has 0 N–H and O–H groups in total. The Morgan fingerprint density at radius 3 is 2.63 bits per heavy atom. The fraction of sp³-hybridized carbons (Fsp3) is 0.364. The summed E-state index contributed by atoms with van der Waals surface area (Å²) >= 11 is 3.51. The number of halogens is 1. The summed E-state index contributed by atoms with van der Waals surface area (Å²) in [4.78, 5) is 19.4. The number of nitrogens with zero attached hydrogens (tertiary/aromatic N) is 3. The van der Waals surface area contributed by atoms with Crippen LogP contribution in [-0.4, -0.2) is 33.4 Å². The van der Waals surface area contributed by atoms with E-state index in [1.165, 1.54) is 5.52 Å². The minimum atomic E-state index is 0.316. The molecule has 1 amide bonds. The van der Waals surface area contributed by atoms with Gasteiger partial charge < -0.3 is 9.47 Å². The molecule has 2 heterocycles. The van der Waals surface area contributed by atoms with Crippen molar-refractivity contribution in [1.29, 1.82) is 0 Å². The van der Waals surface area contributed by atoms with E-state index in [1.54, 1.807) is 0 Å². The molecule has 0 spiro atoms. The van der Waals surface area contributed by atoms with Crippen LogP contribution in [0.3, 0.4) is 0 Å². The van der Waals surface area contributed by atoms with Crippen LogP contribution >= 0.6 is 15.9 Å². The molecule has 138 valence electrons. The van der Waals surface area contributed by atoms with Crippen LogP contribution in [0.1, 0.15) is 19.3 Å². The molecule has 27 heavy (non-hydrogen) atoms. The Kier molecular flexibility index (Phi) is 4.27. The van der Waals surface area contributed by atoms with Gasteiger partial charge in [-0.15, -0.1) is 0 Å². The standard InChI is InChI=1S/C22H22BrN3O/c23-18-9-7-16(8-10-18)21-24-19-3-1-2-4-20(19)26(21)14-15-11-12-25(13-15)22(27)17-5-6-17/h1-4,7-10,15,17H,5-6,11-14H2/t15-/m1/s1. The molecule has 1 aliphatic carbocycles. The van der Waals surface area contributed by atoms with E-state index < -0.39 is 0 Å². The van der Waals surface area contributed by atoms with Gasteiger partial charge >= 0.3 is 0 Å². The number of carbonyl (C=O) groups is 1. The molecule has 1 aliphatic heterocycles. The number of carbonyl (C=O) groups excluding carboxylic acids is 1. The summed E-state index contributed by atoms with van der Waals surface area (Å²) in [6, 6.07) is 16.7. The maximum atomic E-state index is 12.4. The van der Waals surface area contributed by atoms with Crippen molar-refractivity contribution < 1.29 is 4.79 Å². The van der Waals surface area contributed by atoms with E-state index in [0.717, 1.165) is 60.3 Å². The van der Waals surface area contributed by atoms with E-state index >= 15 is 0 Å². The Bertz CT molecular complexity index is 990. The maximum absolute atomic E-state index is 12.4. The fourth-order valence-corrected chi connectivity index (χ4v) is 4.37. The molecule has 1 atom stereocenters. The van der Waals surface area contributed by atoms with Gasteiger partial charge in [-0.25, -0.2) is 4.98 Å². The van der Waals surface area contributed by atoms with Crippen LogP contribution in [0.5, 0.6) is 0 Å². The molecule has 0 radical (unpaired) electrons. The minimum absolute atomic E-state index is 0.316. The molecule has 5 heteroatoms. The Morgan fingerprint density at radius 1 is 1.07 bits per heavy atom. The third-order valence-electron chi connectivity index (χ3n) is 5.72. The maximum Gasteiger partial charge on any atom is 0.225 e. The van der Waals surface area contributed by atoms with E-state index in [1.807, 2.05) is 6.07 Å². The number of rotatable bonds is 4. The first-order valence-corrected chi connectivity index (χ1v) is 10.5. The number of likely N-dealkylation sites (tertiary alicyclic amines) is 1. The topological polar surface area (TPSA) is 38.1 Å². The summed E-state index contributed by atoms with van der Waals surface area (Å²) in [5.41, 5.74) is 3.32. The molecule has 2 aromatic carbocycles. The zero-order chi connectivity index (χ0) is 18.4. The van der Waals surface area contributed by atoms with Crippen molar-refractivity contribution in [2.45, 2.75) is 25.8 Å². The number of hydrogen-bond donors (Lipinski definition) is 0. The zero-order valence-corrected chi connectivity index (χ0v) is 16.7. The number of para-hydroxylation sites is 2. The van der Waals surface area contributed by atoms with Gasteiger partial charge in [0.25, 0.3) is 0 Å². The van der Waals surface area contributed by atoms with Crippen molar-refractivity contribution in [2.24, 2.45) is 11.8 Å². The lowest BCUT2D eigenvalue weighted by molar-refractivity contribution is -0.131. The molecular weight excluding hydrogens is 402 g/mol. The van der Waals surface area contributed by atoms with Crippen molar-refractivity contribution in [1.82, 2.24) is 14.5 Å². The molecule has 1 saturated carbocycles. The van der Waals surface area contributed by atoms with Gasteiger partial charge in [-0.3, -0.25) is 4.79 Å². The Labute approximate surface area is 167 Å². The van der Waals surface area contributed by atoms with Gasteiger partial charge in [0.2, 0.25) is 5.91 Å². The van der Waals surface area contributed by atoms with Gasteiger partial charge in [-0.1, -0.05) is 40.2 Å². The second-order valence-corrected chi connectivity index (χ2v) is 8.67. The van der Waals surface area contributed by atoms with Crippen LogP contribution in [0.2, 0.25) is 0 Å². The molecule has 0 unspecified atom stereocenters. The van der Waals surface area contributed by atoms with Gasteiger partial charge in [0, 0.05) is 35.6 Å². The molecule has 1 aromatic heterocycles. The number of fused-ring (bicyclic) bond motifs is 1. The molecule has 3 aromatic rings. The average molecular weight is 424 g/mol. The monoisotopic (exact) mass is 423 g/mol. The van der Waals surface area contributed by atoms with Crippen LogP contribution in [0.25, 0.3) is 22.4 Å². The van der Waals surface area contributed by atoms with Crippen molar-refractivity contribution in [3.05, 3.63) is 53.0 Å². The van der Waals surface area contributed by atoms with Crippen LogP contribution in [0.15, 0.2) is 53.0 Å². The smallest absolute Gasteiger partial charge is 0.225 e. The lowest BCUT2D eigenvalue weighted by atomic mass is 10.1. The quantitative estimate of drug-likeness (QED) is 0.608. The summed E-state index contributed by atoms with van der Waals surface area (Å²) in [7, 11) is 0. The summed E-state index contributed by atoms with van der Waals surface area (Å²) < 4.78 is 3.41. The summed E-state index contributed by atoms with van der Waals surface area (Å²) in [5, 5.41) is 0. The van der Waals surface area contributed by atoms with Gasteiger partial charge in [0.15, 0.2) is 0 Å². The highest BCUT2D eigenvalue weighted by atomic mass is 79.9. The Morgan fingerprint density at radius 2 is 1.85 bits per heavy atom. The highest BCUT2D eigenvalue weighted by Gasteiger charge is 2.36. The number of hydrogen-bond acceptors (Lipinski definition) is 2. The van der Waals surface area contributed by atoms with Crippen molar-refractivity contribution in [3.63, 3.8) is 0 Å². The van der Waals surface area contributed by atoms with E-state index in [-0.39, 0.29) is 0 Å². The number of imidazole rings is 1. The molecule has 4 nitrogen and oxygen atoms in total. The van der Waals surface area contributed by atoms with Crippen molar-refractivity contribution in [3.8, 4) is 11.4 Å². The second-order valence-electron chi connectivity index (χ2n) is 7.75. The normalized spacial score (nSPS) is 19.7. The van der Waals surface area contributed by atoms with Gasteiger partial charge in [-0.05, 0) is 49.4 Å². The first-order chi connectivity index (χ1) is 13.2. The largest absolute Gasteiger partial charge is 0.342 e. The van der Waals surface area contributed by atoms with Crippen LogP contribution in [0.4, 0.5) is 0 Å². The van der Waals surface area contributed by atoms with E-state index in [4.69, 9.17) is 4.98 Å². The van der Waals surface area contributed by atoms with E-state index in [0.29, 0.717) is 17.7 Å². The van der Waals surface area contributed by atoms with Crippen LogP contribution < -0.4 is 0 Å². The zero-order valence-electron chi connectivity index (χ0n) is 15.1. The summed E-state index contributed by atoms with van der Waals surface area (Å²) in [5.74, 6) is 2.19. The van der Waals surface area contributed by atoms with Gasteiger partial charge in [0.05, 0.1) is 11.0 Å². The first kappa shape index (κ1) is 17.0. The Balaban J connectivity index is 1.46. The first-order valence-electron chi connectivity index (χ1n) is 9.69. The molecular formula is C22H22BrN3O. The molecule has 5 rings (SSSR count). The van der Waals surface area contributed by atoms with Gasteiger partial charge in [0.1, 0.15) is 5.82 Å².